The molecule has 0 spiro atoms. The molecule has 1 aromatic carbocycles. The number of halogens is 1. The quantitative estimate of drug-likeness (QED) is 0.879. The number of hydrogen-bond donors (Lipinski definition) is 2. The van der Waals surface area contributed by atoms with Crippen molar-refractivity contribution in [1.82, 2.24) is 4.98 Å². The fourth-order valence-electron chi connectivity index (χ4n) is 1.53. The van der Waals surface area contributed by atoms with E-state index in [4.69, 9.17) is 11.6 Å². The number of nitrogens with one attached hydrogen (secondary N) is 1. The molecule has 0 radical (unpaired) electrons. The van der Waals surface area contributed by atoms with Gasteiger partial charge in [-0.1, -0.05) is 32.4 Å². The fourth-order valence-corrected chi connectivity index (χ4v) is 2.63. The van der Waals surface area contributed by atoms with Gasteiger partial charge in [0.05, 0.1) is 11.3 Å². The van der Waals surface area contributed by atoms with Crippen LogP contribution in [0.15, 0.2) is 23.6 Å². The van der Waals surface area contributed by atoms with Crippen molar-refractivity contribution in [3.63, 3.8) is 0 Å². The topological polar surface area (TPSA) is 62.2 Å². The van der Waals surface area contributed by atoms with Crippen LogP contribution in [0, 0.1) is 0 Å². The number of thiazole rings is 1. The molecular weight excluding hydrogens is 296 g/mol. The molecule has 1 heterocycles. The van der Waals surface area contributed by atoms with Crippen LogP contribution in [0.2, 0.25) is 5.02 Å². The molecule has 2 N–H and O–H groups in total. The van der Waals surface area contributed by atoms with Crippen molar-refractivity contribution in [2.75, 3.05) is 5.32 Å². The minimum Gasteiger partial charge on any atom is -0.507 e. The number of rotatable bonds is 2. The number of phenolic OH excluding ortho intramolecular Hbond substituents is 1. The molecule has 0 aliphatic heterocycles. The minimum absolute atomic E-state index is 0.0718. The highest BCUT2D eigenvalue weighted by Gasteiger charge is 2.19. The third-order valence-electron chi connectivity index (χ3n) is 2.70. The van der Waals surface area contributed by atoms with Crippen molar-refractivity contribution in [2.24, 2.45) is 0 Å². The first-order valence-corrected chi connectivity index (χ1v) is 7.29. The lowest BCUT2D eigenvalue weighted by Crippen LogP contribution is -2.14. The van der Waals surface area contributed by atoms with Gasteiger partial charge in [0.1, 0.15) is 5.75 Å². The number of benzene rings is 1. The summed E-state index contributed by atoms with van der Waals surface area (Å²) in [6.07, 6.45) is 0. The molecule has 0 saturated heterocycles. The number of hydrogen-bond acceptors (Lipinski definition) is 4. The van der Waals surface area contributed by atoms with Crippen LogP contribution in [0.3, 0.4) is 0 Å². The number of phenols is 1. The average Bonchev–Trinajstić information content (AvgIpc) is 2.80. The summed E-state index contributed by atoms with van der Waals surface area (Å²) in [5.74, 6) is -0.542. The Balaban J connectivity index is 2.20. The molecule has 20 heavy (non-hydrogen) atoms. The van der Waals surface area contributed by atoms with Crippen molar-refractivity contribution in [2.45, 2.75) is 26.2 Å². The van der Waals surface area contributed by atoms with Crippen molar-refractivity contribution >= 4 is 34.0 Å². The Labute approximate surface area is 126 Å². The van der Waals surface area contributed by atoms with Gasteiger partial charge in [-0.05, 0) is 18.2 Å². The second-order valence-electron chi connectivity index (χ2n) is 5.40. The Morgan fingerprint density at radius 2 is 2.10 bits per heavy atom. The van der Waals surface area contributed by atoms with E-state index in [1.165, 1.54) is 29.5 Å². The Morgan fingerprint density at radius 3 is 2.70 bits per heavy atom. The van der Waals surface area contributed by atoms with Crippen LogP contribution in [0.5, 0.6) is 5.75 Å². The molecule has 6 heteroatoms. The predicted octanol–water partition coefficient (Wildman–Crippen LogP) is 4.05. The van der Waals surface area contributed by atoms with Crippen molar-refractivity contribution in [3.8, 4) is 5.75 Å². The summed E-state index contributed by atoms with van der Waals surface area (Å²) in [6.45, 7) is 6.16. The molecule has 0 fully saturated rings. The van der Waals surface area contributed by atoms with Gasteiger partial charge < -0.3 is 5.11 Å². The van der Waals surface area contributed by atoms with Gasteiger partial charge in [0.2, 0.25) is 0 Å². The van der Waals surface area contributed by atoms with E-state index in [2.05, 4.69) is 31.1 Å². The summed E-state index contributed by atoms with van der Waals surface area (Å²) in [4.78, 5) is 16.5. The Kier molecular flexibility index (Phi) is 4.01. The lowest BCUT2D eigenvalue weighted by Gasteiger charge is -2.14. The summed E-state index contributed by atoms with van der Waals surface area (Å²) >= 11 is 7.18. The number of carbonyl (C=O) groups excluding carboxylic acids is 1. The normalized spacial score (nSPS) is 11.4. The number of amides is 1. The molecule has 0 atom stereocenters. The smallest absolute Gasteiger partial charge is 0.261 e. The van der Waals surface area contributed by atoms with Crippen LogP contribution < -0.4 is 5.32 Å². The first kappa shape index (κ1) is 14.8. The van der Waals surface area contributed by atoms with E-state index >= 15 is 0 Å². The summed E-state index contributed by atoms with van der Waals surface area (Å²) in [7, 11) is 0. The van der Waals surface area contributed by atoms with Crippen LogP contribution >= 0.6 is 22.9 Å². The average molecular weight is 311 g/mol. The van der Waals surface area contributed by atoms with E-state index in [1.807, 2.05) is 5.38 Å². The SMILES string of the molecule is CC(C)(C)c1csc(NC(=O)c2cc(Cl)ccc2O)n1. The second kappa shape index (κ2) is 5.42. The van der Waals surface area contributed by atoms with E-state index in [1.54, 1.807) is 0 Å². The Hall–Kier alpha value is -1.59. The molecule has 4 nitrogen and oxygen atoms in total. The van der Waals surface area contributed by atoms with Gasteiger partial charge >= 0.3 is 0 Å². The molecule has 1 amide bonds. The zero-order valence-corrected chi connectivity index (χ0v) is 13.0. The van der Waals surface area contributed by atoms with Crippen molar-refractivity contribution in [3.05, 3.63) is 39.9 Å². The number of aromatic nitrogens is 1. The molecule has 0 aliphatic rings. The molecule has 0 aliphatic carbocycles. The first-order chi connectivity index (χ1) is 9.27. The van der Waals surface area contributed by atoms with Gasteiger partial charge in [0, 0.05) is 15.8 Å². The molecular formula is C14H15ClN2O2S. The number of aromatic hydroxyl groups is 1. The van der Waals surface area contributed by atoms with Gasteiger partial charge in [0.15, 0.2) is 5.13 Å². The third-order valence-corrected chi connectivity index (χ3v) is 3.69. The van der Waals surface area contributed by atoms with Crippen LogP contribution in [-0.2, 0) is 5.41 Å². The lowest BCUT2D eigenvalue weighted by atomic mass is 9.93. The highest BCUT2D eigenvalue weighted by molar-refractivity contribution is 7.14. The summed E-state index contributed by atoms with van der Waals surface area (Å²) in [5, 5.41) is 15.2. The molecule has 0 saturated carbocycles. The number of nitrogens with zero attached hydrogens (tertiary/aromatic N) is 1. The highest BCUT2D eigenvalue weighted by Crippen LogP contribution is 2.27. The molecule has 0 unspecified atom stereocenters. The van der Waals surface area contributed by atoms with Crippen LogP contribution in [-0.4, -0.2) is 16.0 Å². The van der Waals surface area contributed by atoms with E-state index in [0.29, 0.717) is 10.2 Å². The molecule has 2 aromatic rings. The molecule has 2 rings (SSSR count). The van der Waals surface area contributed by atoms with Crippen LogP contribution in [0.25, 0.3) is 0 Å². The zero-order chi connectivity index (χ0) is 14.9. The molecule has 0 bridgehead atoms. The van der Waals surface area contributed by atoms with Crippen LogP contribution in [0.4, 0.5) is 5.13 Å². The van der Waals surface area contributed by atoms with Gasteiger partial charge in [-0.2, -0.15) is 0 Å². The summed E-state index contributed by atoms with van der Waals surface area (Å²) < 4.78 is 0. The van der Waals surface area contributed by atoms with E-state index in [0.717, 1.165) is 5.69 Å². The largest absolute Gasteiger partial charge is 0.507 e. The Bertz CT molecular complexity index is 647. The highest BCUT2D eigenvalue weighted by atomic mass is 35.5. The predicted molar refractivity (Wildman–Crippen MR) is 81.9 cm³/mol. The molecule has 1 aromatic heterocycles. The fraction of sp³-hybridized carbons (Fsp3) is 0.286. The van der Waals surface area contributed by atoms with Crippen molar-refractivity contribution < 1.29 is 9.90 Å². The van der Waals surface area contributed by atoms with Crippen LogP contribution in [0.1, 0.15) is 36.8 Å². The van der Waals surface area contributed by atoms with Gasteiger partial charge in [-0.25, -0.2) is 4.98 Å². The zero-order valence-electron chi connectivity index (χ0n) is 11.4. The maximum atomic E-state index is 12.1. The standard InChI is InChI=1S/C14H15ClN2O2S/c1-14(2,3)11-7-20-13(16-11)17-12(19)9-6-8(15)4-5-10(9)18/h4-7,18H,1-3H3,(H,16,17,19). The van der Waals surface area contributed by atoms with E-state index in [9.17, 15) is 9.90 Å². The van der Waals surface area contributed by atoms with Crippen molar-refractivity contribution in [1.29, 1.82) is 0 Å². The monoisotopic (exact) mass is 310 g/mol. The second-order valence-corrected chi connectivity index (χ2v) is 6.70. The summed E-state index contributed by atoms with van der Waals surface area (Å²) in [6, 6.07) is 4.33. The minimum atomic E-state index is -0.431. The number of carbonyl (C=O) groups is 1. The molecule has 106 valence electrons. The van der Waals surface area contributed by atoms with Gasteiger partial charge in [0.25, 0.3) is 5.91 Å². The van der Waals surface area contributed by atoms with Gasteiger partial charge in [-0.15, -0.1) is 11.3 Å². The first-order valence-electron chi connectivity index (χ1n) is 6.03. The summed E-state index contributed by atoms with van der Waals surface area (Å²) in [5.41, 5.74) is 0.968. The lowest BCUT2D eigenvalue weighted by molar-refractivity contribution is 0.102. The maximum absolute atomic E-state index is 12.1. The maximum Gasteiger partial charge on any atom is 0.261 e. The van der Waals surface area contributed by atoms with E-state index < -0.39 is 5.91 Å². The van der Waals surface area contributed by atoms with Gasteiger partial charge in [-0.3, -0.25) is 10.1 Å². The van der Waals surface area contributed by atoms with E-state index in [-0.39, 0.29) is 16.7 Å². The number of anilines is 1. The Morgan fingerprint density at radius 1 is 1.40 bits per heavy atom. The third kappa shape index (κ3) is 3.29.